The Morgan fingerprint density at radius 3 is 1.89 bits per heavy atom. The molecular formula is C28H54IN3O3. The van der Waals surface area contributed by atoms with Gasteiger partial charge in [-0.05, 0) is 39.0 Å². The molecule has 0 aliphatic rings. The highest BCUT2D eigenvalue weighted by atomic mass is 127. The van der Waals surface area contributed by atoms with E-state index >= 15 is 0 Å². The highest BCUT2D eigenvalue weighted by Gasteiger charge is 2.28. The van der Waals surface area contributed by atoms with Crippen LogP contribution in [0.25, 0.3) is 0 Å². The zero-order valence-corrected chi connectivity index (χ0v) is 25.3. The molecule has 0 radical (unpaired) electrons. The van der Waals surface area contributed by atoms with Crippen LogP contribution in [-0.4, -0.2) is 40.3 Å². The molecule has 2 atom stereocenters. The molecule has 0 spiro atoms. The number of unbranched alkanes of at least 4 members (excludes halogenated alkanes) is 11. The first-order chi connectivity index (χ1) is 16.8. The first-order valence-corrected chi connectivity index (χ1v) is 15.7. The van der Waals surface area contributed by atoms with Gasteiger partial charge in [0.15, 0.2) is 0 Å². The number of halogens is 1. The van der Waals surface area contributed by atoms with Crippen LogP contribution in [0.4, 0.5) is 0 Å². The lowest BCUT2D eigenvalue weighted by molar-refractivity contribution is -0.129. The number of carbonyl (C=O) groups is 3. The molecule has 0 saturated carbocycles. The first-order valence-electron chi connectivity index (χ1n) is 14.2. The number of hydrogen-bond donors (Lipinski definition) is 3. The van der Waals surface area contributed by atoms with Gasteiger partial charge in [-0.2, -0.15) is 0 Å². The molecule has 0 bridgehead atoms. The summed E-state index contributed by atoms with van der Waals surface area (Å²) in [6, 6.07) is -0.529. The van der Waals surface area contributed by atoms with Crippen LogP contribution in [-0.2, 0) is 14.4 Å². The van der Waals surface area contributed by atoms with E-state index in [0.717, 1.165) is 43.0 Å². The van der Waals surface area contributed by atoms with Crippen LogP contribution in [0, 0.1) is 0 Å². The van der Waals surface area contributed by atoms with Gasteiger partial charge in [0.05, 0.1) is 0 Å². The SMILES string of the molecule is CCCCCCCCCCCCCC(=O)NCCCC[C@H](NC(C)=O)C(=O)NC(C)(CI)CCC. The number of rotatable bonds is 23. The van der Waals surface area contributed by atoms with Crippen molar-refractivity contribution in [1.29, 1.82) is 0 Å². The van der Waals surface area contributed by atoms with Gasteiger partial charge in [-0.1, -0.05) is 107 Å². The Morgan fingerprint density at radius 1 is 0.800 bits per heavy atom. The first kappa shape index (κ1) is 34.1. The van der Waals surface area contributed by atoms with Crippen LogP contribution in [0.2, 0.25) is 0 Å². The van der Waals surface area contributed by atoms with Gasteiger partial charge < -0.3 is 16.0 Å². The van der Waals surface area contributed by atoms with E-state index in [9.17, 15) is 14.4 Å². The van der Waals surface area contributed by atoms with Gasteiger partial charge >= 0.3 is 0 Å². The summed E-state index contributed by atoms with van der Waals surface area (Å²) < 4.78 is 0.822. The van der Waals surface area contributed by atoms with Crippen LogP contribution in [0.15, 0.2) is 0 Å². The molecule has 0 aromatic rings. The lowest BCUT2D eigenvalue weighted by atomic mass is 9.97. The van der Waals surface area contributed by atoms with Crippen LogP contribution < -0.4 is 16.0 Å². The molecular weight excluding hydrogens is 553 g/mol. The highest BCUT2D eigenvalue weighted by Crippen LogP contribution is 2.16. The fourth-order valence-corrected chi connectivity index (χ4v) is 4.92. The average Bonchev–Trinajstić information content (AvgIpc) is 2.81. The van der Waals surface area contributed by atoms with Crippen LogP contribution in [0.3, 0.4) is 0 Å². The summed E-state index contributed by atoms with van der Waals surface area (Å²) >= 11 is 2.30. The number of hydrogen-bond acceptors (Lipinski definition) is 3. The molecule has 35 heavy (non-hydrogen) atoms. The van der Waals surface area contributed by atoms with E-state index in [1.807, 2.05) is 0 Å². The van der Waals surface area contributed by atoms with Crippen molar-refractivity contribution in [1.82, 2.24) is 16.0 Å². The summed E-state index contributed by atoms with van der Waals surface area (Å²) in [6.45, 7) is 8.47. The molecule has 0 rings (SSSR count). The van der Waals surface area contributed by atoms with Crippen molar-refractivity contribution in [3.63, 3.8) is 0 Å². The van der Waals surface area contributed by atoms with Gasteiger partial charge in [0.25, 0.3) is 0 Å². The standard InChI is InChI=1S/C28H54IN3O3/c1-5-7-8-9-10-11-12-13-14-15-16-20-26(34)30-22-18-17-19-25(31-24(3)33)27(35)32-28(4,23-29)21-6-2/h25H,5-23H2,1-4H3,(H,30,34)(H,31,33)(H,32,35)/t25-,28?/m0/s1. The molecule has 0 heterocycles. The Morgan fingerprint density at radius 2 is 1.37 bits per heavy atom. The van der Waals surface area contributed by atoms with E-state index in [1.165, 1.54) is 64.7 Å². The van der Waals surface area contributed by atoms with Gasteiger partial charge in [-0.25, -0.2) is 0 Å². The molecule has 0 fully saturated rings. The molecule has 0 aromatic heterocycles. The van der Waals surface area contributed by atoms with Crippen molar-refractivity contribution in [2.24, 2.45) is 0 Å². The van der Waals surface area contributed by atoms with Crippen molar-refractivity contribution in [3.8, 4) is 0 Å². The van der Waals surface area contributed by atoms with Gasteiger partial charge in [0.1, 0.15) is 6.04 Å². The summed E-state index contributed by atoms with van der Waals surface area (Å²) in [5.74, 6) is -0.195. The van der Waals surface area contributed by atoms with Gasteiger partial charge in [0, 0.05) is 29.9 Å². The fraction of sp³-hybridized carbons (Fsp3) is 0.893. The second-order valence-corrected chi connectivity index (χ2v) is 11.1. The molecule has 3 amide bonds. The Bertz CT molecular complexity index is 574. The second-order valence-electron chi connectivity index (χ2n) is 10.3. The fourth-order valence-electron chi connectivity index (χ4n) is 4.35. The maximum atomic E-state index is 12.8. The molecule has 3 N–H and O–H groups in total. The second kappa shape index (κ2) is 22.3. The Kier molecular flexibility index (Phi) is 21.8. The average molecular weight is 608 g/mol. The van der Waals surface area contributed by atoms with Crippen LogP contribution in [0.1, 0.15) is 137 Å². The zero-order chi connectivity index (χ0) is 26.4. The summed E-state index contributed by atoms with van der Waals surface area (Å²) in [5.41, 5.74) is -0.259. The monoisotopic (exact) mass is 607 g/mol. The van der Waals surface area contributed by atoms with Crippen molar-refractivity contribution < 1.29 is 14.4 Å². The maximum absolute atomic E-state index is 12.8. The van der Waals surface area contributed by atoms with E-state index in [0.29, 0.717) is 19.4 Å². The predicted molar refractivity (Wildman–Crippen MR) is 156 cm³/mol. The minimum absolute atomic E-state index is 0.117. The Hall–Kier alpha value is -0.860. The van der Waals surface area contributed by atoms with E-state index in [4.69, 9.17) is 0 Å². The molecule has 206 valence electrons. The van der Waals surface area contributed by atoms with Crippen molar-refractivity contribution in [2.45, 2.75) is 148 Å². The zero-order valence-electron chi connectivity index (χ0n) is 23.1. The topological polar surface area (TPSA) is 87.3 Å². The van der Waals surface area contributed by atoms with Crippen LogP contribution >= 0.6 is 22.6 Å². The third-order valence-corrected chi connectivity index (χ3v) is 8.15. The number of nitrogens with one attached hydrogen (secondary N) is 3. The van der Waals surface area contributed by atoms with E-state index in [1.54, 1.807) is 0 Å². The molecule has 0 aliphatic heterocycles. The molecule has 1 unspecified atom stereocenters. The maximum Gasteiger partial charge on any atom is 0.243 e. The minimum Gasteiger partial charge on any atom is -0.356 e. The third-order valence-electron chi connectivity index (χ3n) is 6.46. The minimum atomic E-state index is -0.529. The largest absolute Gasteiger partial charge is 0.356 e. The smallest absolute Gasteiger partial charge is 0.243 e. The summed E-state index contributed by atoms with van der Waals surface area (Å²) in [7, 11) is 0. The van der Waals surface area contributed by atoms with Crippen molar-refractivity contribution in [3.05, 3.63) is 0 Å². The normalized spacial score (nSPS) is 13.6. The van der Waals surface area contributed by atoms with Gasteiger partial charge in [-0.3, -0.25) is 14.4 Å². The third kappa shape index (κ3) is 19.9. The lowest BCUT2D eigenvalue weighted by Gasteiger charge is -2.31. The van der Waals surface area contributed by atoms with Crippen molar-refractivity contribution in [2.75, 3.05) is 11.0 Å². The number of amides is 3. The van der Waals surface area contributed by atoms with E-state index in [2.05, 4.69) is 59.3 Å². The summed E-state index contributed by atoms with van der Waals surface area (Å²) in [6.07, 6.45) is 18.7. The van der Waals surface area contributed by atoms with Gasteiger partial charge in [0.2, 0.25) is 17.7 Å². The number of alkyl halides is 1. The van der Waals surface area contributed by atoms with E-state index < -0.39 is 6.04 Å². The predicted octanol–water partition coefficient (Wildman–Crippen LogP) is 6.59. The molecule has 7 heteroatoms. The lowest BCUT2D eigenvalue weighted by Crippen LogP contribution is -2.55. The Labute approximate surface area is 229 Å². The van der Waals surface area contributed by atoms with E-state index in [-0.39, 0.29) is 23.3 Å². The molecule has 6 nitrogen and oxygen atoms in total. The molecule has 0 aliphatic carbocycles. The number of carbonyl (C=O) groups excluding carboxylic acids is 3. The van der Waals surface area contributed by atoms with Crippen LogP contribution in [0.5, 0.6) is 0 Å². The molecule has 0 saturated heterocycles. The van der Waals surface area contributed by atoms with Gasteiger partial charge in [-0.15, -0.1) is 0 Å². The van der Waals surface area contributed by atoms with Crippen molar-refractivity contribution >= 4 is 40.3 Å². The highest BCUT2D eigenvalue weighted by molar-refractivity contribution is 14.1. The Balaban J connectivity index is 3.95. The molecule has 0 aromatic carbocycles. The quantitative estimate of drug-likeness (QED) is 0.0696. The summed E-state index contributed by atoms with van der Waals surface area (Å²) in [4.78, 5) is 36.5. The summed E-state index contributed by atoms with van der Waals surface area (Å²) in [5, 5.41) is 8.92.